The van der Waals surface area contributed by atoms with Gasteiger partial charge in [-0.3, -0.25) is 9.48 Å². The minimum atomic E-state index is -3.37. The zero-order valence-electron chi connectivity index (χ0n) is 14.9. The molecule has 6 nitrogen and oxygen atoms in total. The number of methoxy groups -OCH3 is 1. The topological polar surface area (TPSA) is 66.2 Å². The fourth-order valence-electron chi connectivity index (χ4n) is 3.75. The van der Waals surface area contributed by atoms with Crippen molar-refractivity contribution >= 4 is 11.9 Å². The van der Waals surface area contributed by atoms with Gasteiger partial charge in [-0.15, -0.1) is 0 Å². The summed E-state index contributed by atoms with van der Waals surface area (Å²) in [5, 5.41) is 4.11. The van der Waals surface area contributed by atoms with E-state index < -0.39 is 18.2 Å². The number of carbonyl (C=O) groups excluding carboxylic acids is 1. The maximum Gasteiger partial charge on any atom is 0.312 e. The summed E-state index contributed by atoms with van der Waals surface area (Å²) in [6.45, 7) is -0.556. The summed E-state index contributed by atoms with van der Waals surface area (Å²) >= 11 is 0. The number of carbonyl (C=O) groups is 1. The van der Waals surface area contributed by atoms with Crippen LogP contribution in [-0.2, 0) is 12.5 Å². The van der Waals surface area contributed by atoms with Gasteiger partial charge >= 0.3 is 5.92 Å². The molecule has 0 spiro atoms. The first-order valence-electron chi connectivity index (χ1n) is 8.81. The first-order valence-corrected chi connectivity index (χ1v) is 8.81. The molecule has 0 bridgehead atoms. The van der Waals surface area contributed by atoms with Crippen molar-refractivity contribution < 1.29 is 23.0 Å². The molecule has 0 atom stereocenters. The molecule has 0 unspecified atom stereocenters. The maximum atomic E-state index is 15.1. The van der Waals surface area contributed by atoms with Crippen LogP contribution >= 0.6 is 0 Å². The molecule has 0 saturated carbocycles. The number of ether oxygens (including phenoxy) is 2. The molecule has 2 aromatic heterocycles. The average Bonchev–Trinajstić information content (AvgIpc) is 3.12. The van der Waals surface area contributed by atoms with Crippen LogP contribution in [0.1, 0.15) is 47.4 Å². The van der Waals surface area contributed by atoms with E-state index >= 15 is 8.78 Å². The van der Waals surface area contributed by atoms with Crippen LogP contribution in [0.2, 0.25) is 0 Å². The van der Waals surface area contributed by atoms with Crippen LogP contribution in [0, 0.1) is 0 Å². The lowest BCUT2D eigenvalue weighted by Crippen LogP contribution is -2.27. The largest absolute Gasteiger partial charge is 0.494 e. The molecule has 0 N–H and O–H groups in total. The minimum Gasteiger partial charge on any atom is -0.494 e. The number of aromatic nitrogens is 3. The molecule has 142 valence electrons. The van der Waals surface area contributed by atoms with Gasteiger partial charge in [0.1, 0.15) is 18.7 Å². The first-order chi connectivity index (χ1) is 13.0. The number of allylic oxidation sites excluding steroid dienone is 1. The van der Waals surface area contributed by atoms with Crippen molar-refractivity contribution in [2.24, 2.45) is 0 Å². The van der Waals surface area contributed by atoms with E-state index in [2.05, 4.69) is 10.1 Å². The Kier molecular flexibility index (Phi) is 4.41. The molecular formula is C19H19F2N3O3. The zero-order chi connectivity index (χ0) is 19.0. The number of halogens is 2. The summed E-state index contributed by atoms with van der Waals surface area (Å²) in [5.74, 6) is -3.48. The van der Waals surface area contributed by atoms with Crippen molar-refractivity contribution in [2.75, 3.05) is 13.7 Å². The van der Waals surface area contributed by atoms with Gasteiger partial charge in [0, 0.05) is 6.20 Å². The van der Waals surface area contributed by atoms with E-state index in [4.69, 9.17) is 9.47 Å². The Balaban J connectivity index is 1.92. The van der Waals surface area contributed by atoms with Gasteiger partial charge in [0.25, 0.3) is 0 Å². The van der Waals surface area contributed by atoms with Gasteiger partial charge < -0.3 is 9.47 Å². The number of hydrogen-bond donors (Lipinski definition) is 0. The summed E-state index contributed by atoms with van der Waals surface area (Å²) in [6.07, 6.45) is 6.74. The van der Waals surface area contributed by atoms with Crippen LogP contribution in [0.15, 0.2) is 24.0 Å². The molecule has 1 aliphatic carbocycles. The Hall–Kier alpha value is -2.77. The van der Waals surface area contributed by atoms with Crippen LogP contribution in [0.5, 0.6) is 11.5 Å². The Morgan fingerprint density at radius 2 is 2.15 bits per heavy atom. The molecular weight excluding hydrogens is 356 g/mol. The molecule has 0 radical (unpaired) electrons. The highest BCUT2D eigenvalue weighted by Gasteiger charge is 2.41. The number of aldehydes is 1. The molecule has 2 aliphatic rings. The van der Waals surface area contributed by atoms with Crippen LogP contribution in [0.3, 0.4) is 0 Å². The second kappa shape index (κ2) is 6.75. The van der Waals surface area contributed by atoms with Gasteiger partial charge in [0.05, 0.1) is 19.0 Å². The van der Waals surface area contributed by atoms with Crippen molar-refractivity contribution in [3.63, 3.8) is 0 Å². The predicted molar refractivity (Wildman–Crippen MR) is 93.2 cm³/mol. The number of nitrogens with zero attached hydrogens (tertiary/aromatic N) is 3. The van der Waals surface area contributed by atoms with Crippen molar-refractivity contribution in [1.82, 2.24) is 14.8 Å². The van der Waals surface area contributed by atoms with Crippen molar-refractivity contribution in [2.45, 2.75) is 38.2 Å². The van der Waals surface area contributed by atoms with Gasteiger partial charge in [-0.05, 0) is 42.9 Å². The quantitative estimate of drug-likeness (QED) is 0.750. The van der Waals surface area contributed by atoms with Gasteiger partial charge in [-0.2, -0.15) is 13.9 Å². The van der Waals surface area contributed by atoms with Crippen LogP contribution in [0.25, 0.3) is 5.57 Å². The van der Waals surface area contributed by atoms with E-state index in [0.717, 1.165) is 43.0 Å². The Bertz CT molecular complexity index is 921. The Morgan fingerprint density at radius 1 is 1.33 bits per heavy atom. The number of fused-ring (bicyclic) bond motifs is 3. The molecule has 0 saturated heterocycles. The average molecular weight is 375 g/mol. The van der Waals surface area contributed by atoms with Gasteiger partial charge in [-0.1, -0.05) is 0 Å². The summed E-state index contributed by atoms with van der Waals surface area (Å²) in [7, 11) is 1.35. The number of alkyl halides is 2. The summed E-state index contributed by atoms with van der Waals surface area (Å²) in [4.78, 5) is 15.5. The predicted octanol–water partition coefficient (Wildman–Crippen LogP) is 3.61. The van der Waals surface area contributed by atoms with Gasteiger partial charge in [-0.25, -0.2) is 4.98 Å². The fourth-order valence-corrected chi connectivity index (χ4v) is 3.75. The van der Waals surface area contributed by atoms with Crippen LogP contribution in [-0.4, -0.2) is 34.8 Å². The lowest BCUT2D eigenvalue weighted by molar-refractivity contribution is -0.0325. The third kappa shape index (κ3) is 2.98. The summed E-state index contributed by atoms with van der Waals surface area (Å²) in [6, 6.07) is 1.76. The Labute approximate surface area is 154 Å². The molecule has 4 rings (SSSR count). The zero-order valence-corrected chi connectivity index (χ0v) is 14.9. The van der Waals surface area contributed by atoms with Crippen molar-refractivity contribution in [1.29, 1.82) is 0 Å². The lowest BCUT2D eigenvalue weighted by Gasteiger charge is -2.27. The van der Waals surface area contributed by atoms with E-state index in [-0.39, 0.29) is 23.7 Å². The van der Waals surface area contributed by atoms with E-state index in [1.54, 1.807) is 6.07 Å². The second-order valence-electron chi connectivity index (χ2n) is 6.69. The smallest absolute Gasteiger partial charge is 0.312 e. The monoisotopic (exact) mass is 375 g/mol. The highest BCUT2D eigenvalue weighted by atomic mass is 19.3. The molecule has 3 heterocycles. The van der Waals surface area contributed by atoms with Crippen molar-refractivity contribution in [3.05, 3.63) is 41.0 Å². The third-order valence-electron chi connectivity index (χ3n) is 5.07. The van der Waals surface area contributed by atoms with E-state index in [1.807, 2.05) is 0 Å². The third-order valence-corrected chi connectivity index (χ3v) is 5.07. The van der Waals surface area contributed by atoms with Gasteiger partial charge in [0.15, 0.2) is 23.5 Å². The number of pyridine rings is 1. The normalized spacial score (nSPS) is 18.6. The van der Waals surface area contributed by atoms with Gasteiger partial charge in [0.2, 0.25) is 0 Å². The molecule has 2 aromatic rings. The van der Waals surface area contributed by atoms with Crippen LogP contribution < -0.4 is 9.47 Å². The standard InChI is InChI=1S/C19H19F2N3O3/c1-26-16-8-22-18-17(14(16)9-25)27-10-12-4-2-3-5-13(12)15-6-7-23-24(15)11-19(18,20)21/h6-9H,2-5,10-11H2,1H3. The molecule has 27 heavy (non-hydrogen) atoms. The molecule has 1 aliphatic heterocycles. The SMILES string of the molecule is COc1cnc2c(c1C=O)OCC1=C(CCCC1)c1ccnn1CC2(F)F. The molecule has 8 heteroatoms. The lowest BCUT2D eigenvalue weighted by atomic mass is 9.90. The van der Waals surface area contributed by atoms with Crippen molar-refractivity contribution in [3.8, 4) is 11.5 Å². The minimum absolute atomic E-state index is 0.0543. The highest BCUT2D eigenvalue weighted by molar-refractivity contribution is 5.84. The van der Waals surface area contributed by atoms with Crippen LogP contribution in [0.4, 0.5) is 8.78 Å². The second-order valence-corrected chi connectivity index (χ2v) is 6.69. The number of hydrogen-bond acceptors (Lipinski definition) is 5. The molecule has 0 amide bonds. The number of rotatable bonds is 2. The summed E-state index contributed by atoms with van der Waals surface area (Å²) in [5.41, 5.74) is 2.11. The maximum absolute atomic E-state index is 15.1. The fraction of sp³-hybridized carbons (Fsp3) is 0.421. The van der Waals surface area contributed by atoms with E-state index in [9.17, 15) is 4.79 Å². The van der Waals surface area contributed by atoms with E-state index in [1.165, 1.54) is 18.0 Å². The summed E-state index contributed by atoms with van der Waals surface area (Å²) < 4.78 is 42.4. The van der Waals surface area contributed by atoms with E-state index in [0.29, 0.717) is 12.0 Å². The first kappa shape index (κ1) is 17.6. The highest BCUT2D eigenvalue weighted by Crippen LogP contribution is 2.42. The molecule has 0 aromatic carbocycles. The molecule has 0 fully saturated rings. The Morgan fingerprint density at radius 3 is 2.93 bits per heavy atom.